The van der Waals surface area contributed by atoms with Crippen molar-refractivity contribution in [2.45, 2.75) is 66.2 Å². The first-order valence-corrected chi connectivity index (χ1v) is 18.1. The number of primary amides is 1. The van der Waals surface area contributed by atoms with E-state index in [0.29, 0.717) is 25.3 Å². The van der Waals surface area contributed by atoms with Gasteiger partial charge in [0.1, 0.15) is 25.3 Å². The number of hydrogen-bond donors (Lipinski definition) is 5. The number of imide groups is 1. The van der Waals surface area contributed by atoms with Gasteiger partial charge in [0.25, 0.3) is 11.8 Å². The van der Waals surface area contributed by atoms with Crippen molar-refractivity contribution in [1.82, 2.24) is 20.9 Å². The van der Waals surface area contributed by atoms with Gasteiger partial charge in [0.15, 0.2) is 0 Å². The number of rotatable bonds is 26. The number of benzene rings is 1. The number of carbonyl (C=O) groups excluding carboxylic acids is 7. The molecule has 55 heavy (non-hydrogen) atoms. The first-order valence-electron chi connectivity index (χ1n) is 18.1. The van der Waals surface area contributed by atoms with E-state index in [1.54, 1.807) is 58.9 Å². The van der Waals surface area contributed by atoms with E-state index >= 15 is 0 Å². The molecule has 2 rings (SSSR count). The van der Waals surface area contributed by atoms with E-state index in [0.717, 1.165) is 10.5 Å². The average Bonchev–Trinajstić information content (AvgIpc) is 3.44. The third kappa shape index (κ3) is 18.8. The summed E-state index contributed by atoms with van der Waals surface area (Å²) in [6.45, 7) is 10.5. The number of ether oxygens (including phenoxy) is 5. The Bertz CT molecular complexity index is 1440. The molecule has 1 aliphatic rings. The van der Waals surface area contributed by atoms with E-state index in [4.69, 9.17) is 29.4 Å². The number of esters is 1. The molecule has 0 unspecified atom stereocenters. The lowest BCUT2D eigenvalue weighted by molar-refractivity contribution is -0.154. The Morgan fingerprint density at radius 3 is 1.89 bits per heavy atom. The smallest absolute Gasteiger partial charge is 0.312 e. The molecular formula is C37H56N6O12. The Hall–Kier alpha value is -4.91. The molecule has 306 valence electrons. The predicted octanol–water partition coefficient (Wildman–Crippen LogP) is 0.780. The van der Waals surface area contributed by atoms with Crippen molar-refractivity contribution in [3.63, 3.8) is 0 Å². The molecule has 1 aliphatic heterocycles. The van der Waals surface area contributed by atoms with Crippen molar-refractivity contribution in [1.29, 1.82) is 0 Å². The zero-order valence-corrected chi connectivity index (χ0v) is 32.3. The molecular weight excluding hydrogens is 720 g/mol. The molecule has 0 bridgehead atoms. The van der Waals surface area contributed by atoms with Gasteiger partial charge in [0.05, 0.1) is 58.2 Å². The lowest BCUT2D eigenvalue weighted by atomic mass is 9.97. The summed E-state index contributed by atoms with van der Waals surface area (Å²) in [6, 6.07) is 3.98. The van der Waals surface area contributed by atoms with Crippen molar-refractivity contribution in [2.75, 3.05) is 71.3 Å². The van der Waals surface area contributed by atoms with Crippen LogP contribution in [0.3, 0.4) is 0 Å². The van der Waals surface area contributed by atoms with Gasteiger partial charge in [-0.15, -0.1) is 0 Å². The lowest BCUT2D eigenvalue weighted by Crippen LogP contribution is -2.55. The minimum absolute atomic E-state index is 0.0709. The summed E-state index contributed by atoms with van der Waals surface area (Å²) in [7, 11) is 0. The monoisotopic (exact) mass is 776 g/mol. The highest BCUT2D eigenvalue weighted by molar-refractivity contribution is 6.12. The molecule has 0 aromatic heterocycles. The highest BCUT2D eigenvalue weighted by Crippen LogP contribution is 2.18. The Balaban J connectivity index is 1.74. The van der Waals surface area contributed by atoms with Gasteiger partial charge in [0, 0.05) is 24.4 Å². The molecule has 0 radical (unpaired) electrons. The molecule has 2 atom stereocenters. The van der Waals surface area contributed by atoms with Crippen molar-refractivity contribution in [3.05, 3.63) is 42.0 Å². The maximum Gasteiger partial charge on any atom is 0.312 e. The molecule has 0 saturated carbocycles. The minimum Gasteiger partial charge on any atom is -0.460 e. The fourth-order valence-electron chi connectivity index (χ4n) is 4.71. The lowest BCUT2D eigenvalue weighted by Gasteiger charge is -2.25. The average molecular weight is 777 g/mol. The van der Waals surface area contributed by atoms with Gasteiger partial charge in [-0.05, 0) is 57.2 Å². The van der Waals surface area contributed by atoms with Crippen molar-refractivity contribution in [3.8, 4) is 0 Å². The van der Waals surface area contributed by atoms with Crippen LogP contribution in [0.4, 0.5) is 10.5 Å². The Labute approximate surface area is 321 Å². The van der Waals surface area contributed by atoms with Gasteiger partial charge in [-0.3, -0.25) is 33.7 Å². The van der Waals surface area contributed by atoms with Crippen LogP contribution in [0.1, 0.15) is 53.0 Å². The third-order valence-electron chi connectivity index (χ3n) is 7.78. The summed E-state index contributed by atoms with van der Waals surface area (Å²) in [6.07, 6.45) is 2.91. The topological polar surface area (TPSA) is 243 Å². The molecule has 0 fully saturated rings. The summed E-state index contributed by atoms with van der Waals surface area (Å²) in [4.78, 5) is 86.6. The third-order valence-corrected chi connectivity index (χ3v) is 7.78. The molecule has 18 nitrogen and oxygen atoms in total. The summed E-state index contributed by atoms with van der Waals surface area (Å²) < 4.78 is 26.9. The van der Waals surface area contributed by atoms with E-state index in [2.05, 4.69) is 21.3 Å². The maximum atomic E-state index is 13.4. The molecule has 18 heteroatoms. The Morgan fingerprint density at radius 2 is 1.35 bits per heavy atom. The fourth-order valence-corrected chi connectivity index (χ4v) is 4.71. The number of amides is 7. The second kappa shape index (κ2) is 24.5. The number of nitrogens with two attached hydrogens (primary N) is 1. The molecule has 1 aromatic rings. The summed E-state index contributed by atoms with van der Waals surface area (Å²) in [5.41, 5.74) is 5.67. The highest BCUT2D eigenvalue weighted by atomic mass is 16.6. The standard InChI is InChI=1S/C37H56N6O12/c1-25(2)32(42-29(44)24-54-22-21-53-20-19-52-18-17-51-16-15-43-30(45)12-13-31(43)46)34(48)41-28(7-6-14-39-36(38)50)33(47)40-27-10-8-26(9-11-27)23-55-35(49)37(3,4)5/h8-13,25,28,32H,6-7,14-24H2,1-5H3,(H,40,47)(H,41,48)(H,42,44)(H3,38,39,50)/t28-,32-/m0/s1. The van der Waals surface area contributed by atoms with Crippen LogP contribution in [0.15, 0.2) is 36.4 Å². The number of nitrogens with one attached hydrogen (secondary N) is 4. The molecule has 1 aromatic carbocycles. The van der Waals surface area contributed by atoms with Crippen LogP contribution < -0.4 is 27.0 Å². The number of nitrogens with zero attached hydrogens (tertiary/aromatic N) is 1. The molecule has 0 aliphatic carbocycles. The quantitative estimate of drug-likeness (QED) is 0.0498. The maximum absolute atomic E-state index is 13.4. The van der Waals surface area contributed by atoms with Gasteiger partial charge in [0.2, 0.25) is 17.7 Å². The van der Waals surface area contributed by atoms with Crippen molar-refractivity contribution in [2.24, 2.45) is 17.1 Å². The number of anilines is 1. The van der Waals surface area contributed by atoms with Crippen LogP contribution in [0.2, 0.25) is 0 Å². The number of urea groups is 1. The first kappa shape index (κ1) is 46.2. The fraction of sp³-hybridized carbons (Fsp3) is 0.595. The van der Waals surface area contributed by atoms with E-state index < -0.39 is 41.3 Å². The Kier molecular flexibility index (Phi) is 20.6. The van der Waals surface area contributed by atoms with Crippen LogP contribution in [0.5, 0.6) is 0 Å². The Morgan fingerprint density at radius 1 is 0.782 bits per heavy atom. The summed E-state index contributed by atoms with van der Waals surface area (Å²) in [5, 5.41) is 10.6. The second-order valence-corrected chi connectivity index (χ2v) is 13.8. The number of hydrogen-bond acceptors (Lipinski definition) is 12. The largest absolute Gasteiger partial charge is 0.460 e. The van der Waals surface area contributed by atoms with Crippen LogP contribution in [0.25, 0.3) is 0 Å². The summed E-state index contributed by atoms with van der Waals surface area (Å²) in [5.74, 6) is -3.02. The van der Waals surface area contributed by atoms with Gasteiger partial charge < -0.3 is 50.7 Å². The van der Waals surface area contributed by atoms with E-state index in [9.17, 15) is 33.6 Å². The first-order chi connectivity index (χ1) is 26.1. The zero-order chi connectivity index (χ0) is 40.8. The van der Waals surface area contributed by atoms with Gasteiger partial charge in [-0.1, -0.05) is 26.0 Å². The van der Waals surface area contributed by atoms with Crippen LogP contribution in [-0.4, -0.2) is 124 Å². The van der Waals surface area contributed by atoms with Crippen LogP contribution >= 0.6 is 0 Å². The number of carbonyl (C=O) groups is 7. The molecule has 0 spiro atoms. The van der Waals surface area contributed by atoms with Crippen LogP contribution in [-0.2, 0) is 59.1 Å². The van der Waals surface area contributed by atoms with E-state index in [1.165, 1.54) is 12.2 Å². The summed E-state index contributed by atoms with van der Waals surface area (Å²) >= 11 is 0. The molecule has 6 N–H and O–H groups in total. The minimum atomic E-state index is -1.02. The van der Waals surface area contributed by atoms with E-state index in [1.807, 2.05) is 0 Å². The van der Waals surface area contributed by atoms with Crippen molar-refractivity contribution < 1.29 is 57.2 Å². The molecule has 0 saturated heterocycles. The zero-order valence-electron chi connectivity index (χ0n) is 32.3. The predicted molar refractivity (Wildman–Crippen MR) is 199 cm³/mol. The van der Waals surface area contributed by atoms with Gasteiger partial charge >= 0.3 is 12.0 Å². The molecule has 7 amide bonds. The molecule has 1 heterocycles. The highest BCUT2D eigenvalue weighted by Gasteiger charge is 2.29. The van der Waals surface area contributed by atoms with Gasteiger partial charge in [-0.2, -0.15) is 0 Å². The normalized spacial score (nSPS) is 13.7. The van der Waals surface area contributed by atoms with Crippen LogP contribution in [0, 0.1) is 11.3 Å². The SMILES string of the molecule is CC(C)[C@H](NC(=O)COCCOCCOCCOCCN1C(=O)C=CC1=O)C(=O)N[C@@H](CCCNC(N)=O)C(=O)Nc1ccc(COC(=O)C(C)(C)C)cc1. The second-order valence-electron chi connectivity index (χ2n) is 13.8. The van der Waals surface area contributed by atoms with Gasteiger partial charge in [-0.25, -0.2) is 4.79 Å². The van der Waals surface area contributed by atoms with E-state index in [-0.39, 0.29) is 89.5 Å². The van der Waals surface area contributed by atoms with Crippen molar-refractivity contribution >= 4 is 47.2 Å².